The first-order valence-electron chi connectivity index (χ1n) is 9.22. The molecule has 1 atom stereocenters. The lowest BCUT2D eigenvalue weighted by Crippen LogP contribution is -2.65. The molecule has 21 heavy (non-hydrogen) atoms. The fourth-order valence-electron chi connectivity index (χ4n) is 3.87. The molecule has 0 aromatic rings. The van der Waals surface area contributed by atoms with Crippen LogP contribution in [0.15, 0.2) is 0 Å². The lowest BCUT2D eigenvalue weighted by molar-refractivity contribution is -0.0128. The van der Waals surface area contributed by atoms with Crippen LogP contribution in [0.5, 0.6) is 0 Å². The molecule has 0 radical (unpaired) electrons. The Hall–Kier alpha value is -0.120. The molecule has 1 saturated carbocycles. The average molecular weight is 296 g/mol. The number of ether oxygens (including phenoxy) is 1. The van der Waals surface area contributed by atoms with Crippen LogP contribution in [0.1, 0.15) is 65.7 Å². The highest BCUT2D eigenvalue weighted by Gasteiger charge is 2.41. The molecule has 3 nitrogen and oxygen atoms in total. The third-order valence-electron chi connectivity index (χ3n) is 5.45. The van der Waals surface area contributed by atoms with E-state index in [-0.39, 0.29) is 0 Å². The summed E-state index contributed by atoms with van der Waals surface area (Å²) < 4.78 is 5.89. The van der Waals surface area contributed by atoms with Gasteiger partial charge in [-0.2, -0.15) is 0 Å². The van der Waals surface area contributed by atoms with Crippen molar-refractivity contribution in [2.75, 3.05) is 32.8 Å². The van der Waals surface area contributed by atoms with E-state index in [0.29, 0.717) is 11.6 Å². The summed E-state index contributed by atoms with van der Waals surface area (Å²) in [6.45, 7) is 12.2. The maximum atomic E-state index is 5.89. The zero-order chi connectivity index (χ0) is 15.1. The normalized spacial score (nSPS) is 26.6. The second-order valence-electron chi connectivity index (χ2n) is 7.51. The molecule has 1 saturated heterocycles. The number of nitrogens with zero attached hydrogens (tertiary/aromatic N) is 1. The second kappa shape index (κ2) is 8.50. The summed E-state index contributed by atoms with van der Waals surface area (Å²) in [6, 6.07) is 0.674. The van der Waals surface area contributed by atoms with E-state index >= 15 is 0 Å². The zero-order valence-electron chi connectivity index (χ0n) is 14.5. The molecule has 1 aliphatic carbocycles. The Bertz CT molecular complexity index is 287. The molecule has 0 aromatic carbocycles. The topological polar surface area (TPSA) is 24.5 Å². The molecule has 2 aliphatic rings. The first-order chi connectivity index (χ1) is 10.2. The minimum atomic E-state index is 0.436. The second-order valence-corrected chi connectivity index (χ2v) is 7.51. The van der Waals surface area contributed by atoms with Gasteiger partial charge in [-0.1, -0.05) is 40.0 Å². The quantitative estimate of drug-likeness (QED) is 0.728. The van der Waals surface area contributed by atoms with Gasteiger partial charge in [0.15, 0.2) is 0 Å². The van der Waals surface area contributed by atoms with Crippen LogP contribution >= 0.6 is 0 Å². The Balaban J connectivity index is 1.82. The Kier molecular flexibility index (Phi) is 6.97. The first kappa shape index (κ1) is 17.2. The summed E-state index contributed by atoms with van der Waals surface area (Å²) in [4.78, 5) is 2.77. The molecule has 0 bridgehead atoms. The van der Waals surface area contributed by atoms with Crippen molar-refractivity contribution in [2.45, 2.75) is 77.3 Å². The molecule has 0 amide bonds. The molecule has 0 aromatic heterocycles. The van der Waals surface area contributed by atoms with Crippen LogP contribution in [-0.4, -0.2) is 49.3 Å². The molecule has 1 heterocycles. The predicted octanol–water partition coefficient (Wildman–Crippen LogP) is 3.44. The van der Waals surface area contributed by atoms with E-state index in [1.807, 2.05) is 0 Å². The molecule has 1 spiro atoms. The molecular weight excluding hydrogens is 260 g/mol. The van der Waals surface area contributed by atoms with E-state index in [4.69, 9.17) is 4.74 Å². The van der Waals surface area contributed by atoms with Gasteiger partial charge >= 0.3 is 0 Å². The number of hydrogen-bond acceptors (Lipinski definition) is 3. The third kappa shape index (κ3) is 4.94. The van der Waals surface area contributed by atoms with Crippen LogP contribution in [0.3, 0.4) is 0 Å². The van der Waals surface area contributed by atoms with Crippen LogP contribution in [0.2, 0.25) is 0 Å². The Morgan fingerprint density at radius 2 is 1.95 bits per heavy atom. The van der Waals surface area contributed by atoms with Crippen molar-refractivity contribution < 1.29 is 4.74 Å². The summed E-state index contributed by atoms with van der Waals surface area (Å²) in [5, 5.41) is 3.79. The lowest BCUT2D eigenvalue weighted by atomic mass is 9.78. The third-order valence-corrected chi connectivity index (χ3v) is 5.45. The minimum absolute atomic E-state index is 0.436. The van der Waals surface area contributed by atoms with Gasteiger partial charge in [-0.3, -0.25) is 4.90 Å². The van der Waals surface area contributed by atoms with Crippen molar-refractivity contribution in [3.8, 4) is 0 Å². The SMILES string of the molecule is CCC1CN(CCOCCC(C)C)C2(CCCCC2)CN1. The van der Waals surface area contributed by atoms with Gasteiger partial charge in [0.1, 0.15) is 0 Å². The number of rotatable bonds is 7. The van der Waals surface area contributed by atoms with Crippen LogP contribution < -0.4 is 5.32 Å². The summed E-state index contributed by atoms with van der Waals surface area (Å²) in [5.74, 6) is 0.748. The lowest BCUT2D eigenvalue weighted by Gasteiger charge is -2.52. The van der Waals surface area contributed by atoms with Gasteiger partial charge in [0.2, 0.25) is 0 Å². The molecule has 2 fully saturated rings. The average Bonchev–Trinajstić information content (AvgIpc) is 2.49. The molecule has 1 unspecified atom stereocenters. The standard InChI is InChI=1S/C18H36N2O/c1-4-17-14-20(11-13-21-12-8-16(2)3)18(15-19-17)9-6-5-7-10-18/h16-17,19H,4-15H2,1-3H3. The highest BCUT2D eigenvalue weighted by atomic mass is 16.5. The van der Waals surface area contributed by atoms with Gasteiger partial charge in [0, 0.05) is 37.8 Å². The summed E-state index contributed by atoms with van der Waals surface area (Å²) in [5.41, 5.74) is 0.436. The van der Waals surface area contributed by atoms with Gasteiger partial charge < -0.3 is 10.1 Å². The highest BCUT2D eigenvalue weighted by molar-refractivity contribution is 5.00. The summed E-state index contributed by atoms with van der Waals surface area (Å²) >= 11 is 0. The van der Waals surface area contributed by atoms with Crippen molar-refractivity contribution >= 4 is 0 Å². The largest absolute Gasteiger partial charge is 0.380 e. The van der Waals surface area contributed by atoms with Crippen molar-refractivity contribution in [2.24, 2.45) is 5.92 Å². The Morgan fingerprint density at radius 3 is 2.62 bits per heavy atom. The van der Waals surface area contributed by atoms with Crippen molar-refractivity contribution in [3.63, 3.8) is 0 Å². The summed E-state index contributed by atoms with van der Waals surface area (Å²) in [6.07, 6.45) is 9.42. The van der Waals surface area contributed by atoms with Crippen LogP contribution in [-0.2, 0) is 4.74 Å². The van der Waals surface area contributed by atoms with Crippen LogP contribution in [0.25, 0.3) is 0 Å². The van der Waals surface area contributed by atoms with E-state index in [1.165, 1.54) is 58.0 Å². The van der Waals surface area contributed by atoms with E-state index < -0.39 is 0 Å². The Labute approximate surface area is 131 Å². The zero-order valence-corrected chi connectivity index (χ0v) is 14.5. The predicted molar refractivity (Wildman–Crippen MR) is 89.7 cm³/mol. The van der Waals surface area contributed by atoms with Crippen molar-refractivity contribution in [1.82, 2.24) is 10.2 Å². The molecule has 2 rings (SSSR count). The highest BCUT2D eigenvalue weighted by Crippen LogP contribution is 2.35. The van der Waals surface area contributed by atoms with E-state index in [0.717, 1.165) is 25.7 Å². The van der Waals surface area contributed by atoms with Gasteiger partial charge in [-0.05, 0) is 31.6 Å². The van der Waals surface area contributed by atoms with Gasteiger partial charge in [0.05, 0.1) is 6.61 Å². The van der Waals surface area contributed by atoms with Crippen LogP contribution in [0, 0.1) is 5.92 Å². The molecular formula is C18H36N2O. The molecule has 1 aliphatic heterocycles. The van der Waals surface area contributed by atoms with E-state index in [1.54, 1.807) is 0 Å². The molecule has 1 N–H and O–H groups in total. The molecule has 3 heteroatoms. The van der Waals surface area contributed by atoms with E-state index in [2.05, 4.69) is 31.0 Å². The maximum Gasteiger partial charge on any atom is 0.0593 e. The number of nitrogens with one attached hydrogen (secondary N) is 1. The summed E-state index contributed by atoms with van der Waals surface area (Å²) in [7, 11) is 0. The van der Waals surface area contributed by atoms with Gasteiger partial charge in [-0.25, -0.2) is 0 Å². The van der Waals surface area contributed by atoms with E-state index in [9.17, 15) is 0 Å². The van der Waals surface area contributed by atoms with Crippen molar-refractivity contribution in [3.05, 3.63) is 0 Å². The number of hydrogen-bond donors (Lipinski definition) is 1. The fraction of sp³-hybridized carbons (Fsp3) is 1.00. The maximum absolute atomic E-state index is 5.89. The fourth-order valence-corrected chi connectivity index (χ4v) is 3.87. The Morgan fingerprint density at radius 1 is 1.19 bits per heavy atom. The van der Waals surface area contributed by atoms with Crippen molar-refractivity contribution in [1.29, 1.82) is 0 Å². The van der Waals surface area contributed by atoms with Gasteiger partial charge in [0.25, 0.3) is 0 Å². The first-order valence-corrected chi connectivity index (χ1v) is 9.22. The molecule has 124 valence electrons. The smallest absolute Gasteiger partial charge is 0.0593 e. The monoisotopic (exact) mass is 296 g/mol. The number of piperazine rings is 1. The minimum Gasteiger partial charge on any atom is -0.380 e. The van der Waals surface area contributed by atoms with Crippen LogP contribution in [0.4, 0.5) is 0 Å². The van der Waals surface area contributed by atoms with Gasteiger partial charge in [-0.15, -0.1) is 0 Å².